The van der Waals surface area contributed by atoms with Crippen LogP contribution in [0.2, 0.25) is 0 Å². The number of nitrogen functional groups attached to an aromatic ring is 1. The number of pyridine rings is 1. The molecule has 2 aromatic carbocycles. The van der Waals surface area contributed by atoms with E-state index >= 15 is 0 Å². The van der Waals surface area contributed by atoms with Crippen molar-refractivity contribution < 1.29 is 50.0 Å². The van der Waals surface area contributed by atoms with Crippen molar-refractivity contribution in [1.29, 1.82) is 0 Å². The van der Waals surface area contributed by atoms with Gasteiger partial charge in [-0.15, -0.1) is 0 Å². The Balaban J connectivity index is 0.000000541. The highest BCUT2D eigenvalue weighted by molar-refractivity contribution is 5.97. The first-order valence-electron chi connectivity index (χ1n) is 11.7. The maximum atomic E-state index is 14.8. The van der Waals surface area contributed by atoms with E-state index < -0.39 is 47.7 Å². The third-order valence-electron chi connectivity index (χ3n) is 5.74. The van der Waals surface area contributed by atoms with Crippen molar-refractivity contribution in [1.82, 2.24) is 19.5 Å². The highest BCUT2D eigenvalue weighted by Crippen LogP contribution is 2.31. The van der Waals surface area contributed by atoms with Crippen LogP contribution in [0.3, 0.4) is 0 Å². The number of carboxylic acids is 1. The van der Waals surface area contributed by atoms with Crippen LogP contribution in [0.25, 0.3) is 22.3 Å². The monoisotopic (exact) mass is 611 g/mol. The molecule has 0 amide bonds. The summed E-state index contributed by atoms with van der Waals surface area (Å²) in [5.74, 6) is -4.34. The van der Waals surface area contributed by atoms with Gasteiger partial charge in [-0.25, -0.2) is 13.9 Å². The second-order valence-electron chi connectivity index (χ2n) is 8.66. The molecule has 224 valence electrons. The molecule has 0 saturated heterocycles. The van der Waals surface area contributed by atoms with Gasteiger partial charge >= 0.3 is 18.3 Å². The number of hydrogen-bond donors (Lipinski definition) is 2. The molecule has 3 heterocycles. The molecule has 10 nitrogen and oxygen atoms in total. The predicted molar refractivity (Wildman–Crippen MR) is 134 cm³/mol. The minimum absolute atomic E-state index is 0.0163. The molecular formula is C26H16F7N5O5. The lowest BCUT2D eigenvalue weighted by Gasteiger charge is -2.09. The Labute approximate surface area is 234 Å². The summed E-state index contributed by atoms with van der Waals surface area (Å²) in [6.07, 6.45) is -8.99. The third-order valence-corrected chi connectivity index (χ3v) is 5.74. The van der Waals surface area contributed by atoms with Crippen LogP contribution in [0, 0.1) is 5.82 Å². The van der Waals surface area contributed by atoms with Gasteiger partial charge in [-0.2, -0.15) is 31.4 Å². The maximum Gasteiger partial charge on any atom is 0.490 e. The summed E-state index contributed by atoms with van der Waals surface area (Å²) in [6, 6.07) is 13.1. The van der Waals surface area contributed by atoms with Gasteiger partial charge in [0, 0.05) is 24.8 Å². The Morgan fingerprint density at radius 1 is 0.953 bits per heavy atom. The summed E-state index contributed by atoms with van der Waals surface area (Å²) >= 11 is 0. The van der Waals surface area contributed by atoms with E-state index in [1.54, 1.807) is 6.07 Å². The predicted octanol–water partition coefficient (Wildman–Crippen LogP) is 4.96. The topological polar surface area (TPSA) is 146 Å². The molecule has 0 aliphatic carbocycles. The summed E-state index contributed by atoms with van der Waals surface area (Å²) in [5, 5.41) is 14.6. The minimum Gasteiger partial charge on any atom is -0.475 e. The standard InChI is InChI=1S/C24H15F4N5O3.C2HF3O2/c25-17-11-14(32-8-2-1-3-22(32)35)5-4-13(17)9-19(34)18-12-21(24(26,27)28)30-33(18)15-6-7-20-16(10-15)23(29)31-36-20;3-2(4,5)1(6)7/h1-8,10-12H,9H2,(H2,29,31);(H,6,7). The minimum atomic E-state index is -5.08. The Bertz CT molecular complexity index is 1890. The Morgan fingerprint density at radius 3 is 2.23 bits per heavy atom. The van der Waals surface area contributed by atoms with Gasteiger partial charge < -0.3 is 15.4 Å². The van der Waals surface area contributed by atoms with E-state index in [-0.39, 0.29) is 28.3 Å². The molecule has 0 bridgehead atoms. The van der Waals surface area contributed by atoms with Crippen molar-refractivity contribution >= 4 is 28.5 Å². The zero-order valence-electron chi connectivity index (χ0n) is 21.2. The summed E-state index contributed by atoms with van der Waals surface area (Å²) in [6.45, 7) is 0. The first kappa shape index (κ1) is 30.5. The number of nitrogens with zero attached hydrogens (tertiary/aromatic N) is 4. The number of carbonyl (C=O) groups is 2. The number of rotatable bonds is 5. The average molecular weight is 611 g/mol. The first-order valence-corrected chi connectivity index (χ1v) is 11.7. The van der Waals surface area contributed by atoms with Gasteiger partial charge in [0.25, 0.3) is 5.56 Å². The summed E-state index contributed by atoms with van der Waals surface area (Å²) in [7, 11) is 0. The number of alkyl halides is 6. The fraction of sp³-hybridized carbons (Fsp3) is 0.115. The van der Waals surface area contributed by atoms with Crippen LogP contribution in [-0.2, 0) is 17.4 Å². The van der Waals surface area contributed by atoms with Gasteiger partial charge in [0.05, 0.1) is 16.8 Å². The summed E-state index contributed by atoms with van der Waals surface area (Å²) in [4.78, 5) is 34.0. The Morgan fingerprint density at radius 2 is 1.63 bits per heavy atom. The highest BCUT2D eigenvalue weighted by Gasteiger charge is 2.38. The van der Waals surface area contributed by atoms with Crippen LogP contribution in [0.4, 0.5) is 36.6 Å². The van der Waals surface area contributed by atoms with E-state index in [0.717, 1.165) is 10.7 Å². The molecule has 0 radical (unpaired) electrons. The van der Waals surface area contributed by atoms with Crippen LogP contribution in [0.1, 0.15) is 21.7 Å². The van der Waals surface area contributed by atoms with Gasteiger partial charge in [-0.3, -0.25) is 14.2 Å². The summed E-state index contributed by atoms with van der Waals surface area (Å²) < 4.78 is 93.9. The number of benzene rings is 2. The van der Waals surface area contributed by atoms with E-state index in [2.05, 4.69) is 10.3 Å². The number of ketones is 1. The number of carboxylic acid groups (broad SMARTS) is 1. The lowest BCUT2D eigenvalue weighted by Crippen LogP contribution is -2.21. The number of halogens is 7. The maximum absolute atomic E-state index is 14.8. The molecule has 3 aromatic heterocycles. The van der Waals surface area contributed by atoms with E-state index in [1.165, 1.54) is 53.2 Å². The normalized spacial score (nSPS) is 11.7. The molecule has 0 atom stereocenters. The number of nitrogens with two attached hydrogens (primary N) is 1. The largest absolute Gasteiger partial charge is 0.490 e. The van der Waals surface area contributed by atoms with Crippen LogP contribution in [0.5, 0.6) is 0 Å². The molecule has 0 fully saturated rings. The van der Waals surface area contributed by atoms with Gasteiger partial charge in [0.1, 0.15) is 11.5 Å². The van der Waals surface area contributed by atoms with Crippen LogP contribution in [0.15, 0.2) is 76.2 Å². The molecule has 0 saturated carbocycles. The molecule has 0 spiro atoms. The number of aromatic nitrogens is 4. The van der Waals surface area contributed by atoms with Crippen molar-refractivity contribution in [2.75, 3.05) is 5.73 Å². The molecule has 17 heteroatoms. The molecule has 0 unspecified atom stereocenters. The number of hydrogen-bond acceptors (Lipinski definition) is 7. The van der Waals surface area contributed by atoms with Crippen molar-refractivity contribution in [3.63, 3.8) is 0 Å². The second-order valence-corrected chi connectivity index (χ2v) is 8.66. The Kier molecular flexibility index (Phi) is 8.09. The molecule has 3 N–H and O–H groups in total. The van der Waals surface area contributed by atoms with Gasteiger partial charge in [0.2, 0.25) is 0 Å². The SMILES string of the molecule is Nc1noc2ccc(-n3nc(C(F)(F)F)cc3C(=O)Cc3ccc(-n4ccccc4=O)cc3F)cc12.O=C(O)C(F)(F)F. The number of fused-ring (bicyclic) bond motifs is 1. The van der Waals surface area contributed by atoms with Crippen molar-refractivity contribution in [2.24, 2.45) is 0 Å². The second kappa shape index (κ2) is 11.4. The van der Waals surface area contributed by atoms with E-state index in [4.69, 9.17) is 20.2 Å². The zero-order chi connectivity index (χ0) is 31.7. The fourth-order valence-corrected chi connectivity index (χ4v) is 3.73. The van der Waals surface area contributed by atoms with Crippen molar-refractivity contribution in [3.05, 3.63) is 100.0 Å². The molecule has 5 aromatic rings. The zero-order valence-corrected chi connectivity index (χ0v) is 21.2. The van der Waals surface area contributed by atoms with Crippen molar-refractivity contribution in [2.45, 2.75) is 18.8 Å². The van der Waals surface area contributed by atoms with Gasteiger partial charge in [-0.05, 0) is 42.0 Å². The van der Waals surface area contributed by atoms with Crippen molar-refractivity contribution in [3.8, 4) is 11.4 Å². The molecule has 43 heavy (non-hydrogen) atoms. The Hall–Kier alpha value is -5.48. The number of anilines is 1. The molecule has 5 rings (SSSR count). The lowest BCUT2D eigenvalue weighted by molar-refractivity contribution is -0.192. The smallest absolute Gasteiger partial charge is 0.475 e. The van der Waals surface area contributed by atoms with E-state index in [9.17, 15) is 40.3 Å². The third kappa shape index (κ3) is 6.71. The highest BCUT2D eigenvalue weighted by atomic mass is 19.4. The lowest BCUT2D eigenvalue weighted by atomic mass is 10.0. The number of Topliss-reactive ketones (excluding diaryl/α,β-unsaturated/α-hetero) is 1. The van der Waals surface area contributed by atoms with Gasteiger partial charge in [0.15, 0.2) is 22.9 Å². The van der Waals surface area contributed by atoms with Crippen LogP contribution < -0.4 is 11.3 Å². The van der Waals surface area contributed by atoms with Crippen LogP contribution in [-0.4, -0.2) is 42.5 Å². The van der Waals surface area contributed by atoms with E-state index in [1.807, 2.05) is 0 Å². The first-order chi connectivity index (χ1) is 20.1. The quantitative estimate of drug-likeness (QED) is 0.209. The van der Waals surface area contributed by atoms with Gasteiger partial charge in [-0.1, -0.05) is 17.3 Å². The number of carbonyl (C=O) groups excluding carboxylic acids is 1. The van der Waals surface area contributed by atoms with Crippen LogP contribution >= 0.6 is 0 Å². The average Bonchev–Trinajstić information content (AvgIpc) is 3.54. The molecule has 0 aliphatic heterocycles. The fourth-order valence-electron chi connectivity index (χ4n) is 3.73. The molecular weight excluding hydrogens is 595 g/mol. The number of aliphatic carboxylic acids is 1. The summed E-state index contributed by atoms with van der Waals surface area (Å²) in [5.41, 5.74) is 4.24. The molecule has 0 aliphatic rings. The van der Waals surface area contributed by atoms with E-state index in [0.29, 0.717) is 17.0 Å².